The summed E-state index contributed by atoms with van der Waals surface area (Å²) in [7, 11) is 0. The van der Waals surface area contributed by atoms with Gasteiger partial charge in [-0.2, -0.15) is 5.10 Å². The summed E-state index contributed by atoms with van der Waals surface area (Å²) in [6, 6.07) is 8.14. The predicted octanol–water partition coefficient (Wildman–Crippen LogP) is 4.58. The molecule has 2 aromatic rings. The number of aromatic amines is 1. The van der Waals surface area contributed by atoms with Crippen molar-refractivity contribution in [1.29, 1.82) is 0 Å². The van der Waals surface area contributed by atoms with E-state index in [9.17, 15) is 0 Å². The molecule has 0 saturated carbocycles. The van der Waals surface area contributed by atoms with Crippen LogP contribution in [-0.2, 0) is 6.54 Å². The number of nitrogens with one attached hydrogen (secondary N) is 1. The Labute approximate surface area is 139 Å². The van der Waals surface area contributed by atoms with Gasteiger partial charge in [-0.1, -0.05) is 39.0 Å². The number of benzene rings is 1. The van der Waals surface area contributed by atoms with Crippen molar-refractivity contribution in [3.63, 3.8) is 0 Å². The van der Waals surface area contributed by atoms with E-state index in [0.717, 1.165) is 41.3 Å². The molecule has 0 atom stereocenters. The van der Waals surface area contributed by atoms with Gasteiger partial charge in [-0.25, -0.2) is 0 Å². The van der Waals surface area contributed by atoms with Gasteiger partial charge in [0, 0.05) is 12.1 Å². The molecule has 4 heteroatoms. The lowest BCUT2D eigenvalue weighted by Crippen LogP contribution is -1.98. The van der Waals surface area contributed by atoms with Crippen LogP contribution >= 0.6 is 0 Å². The first kappa shape index (κ1) is 17.5. The minimum absolute atomic E-state index is 0.484. The van der Waals surface area contributed by atoms with Crippen molar-refractivity contribution in [3.8, 4) is 17.0 Å². The lowest BCUT2D eigenvalue weighted by molar-refractivity contribution is 0.304. The number of nitrogens with zero attached hydrogens (tertiary/aromatic N) is 1. The summed E-state index contributed by atoms with van der Waals surface area (Å²) in [5.41, 5.74) is 9.84. The van der Waals surface area contributed by atoms with Gasteiger partial charge in [-0.05, 0) is 43.2 Å². The third-order valence-electron chi connectivity index (χ3n) is 4.21. The summed E-state index contributed by atoms with van der Waals surface area (Å²) in [5.74, 6) is 0.926. The minimum atomic E-state index is 0.484. The molecule has 0 unspecified atom stereocenters. The minimum Gasteiger partial charge on any atom is -0.494 e. The Morgan fingerprint density at radius 1 is 1.04 bits per heavy atom. The lowest BCUT2D eigenvalue weighted by atomic mass is 10.1. The Hall–Kier alpha value is -1.81. The smallest absolute Gasteiger partial charge is 0.119 e. The molecule has 0 amide bonds. The fourth-order valence-corrected chi connectivity index (χ4v) is 2.70. The molecular weight excluding hydrogens is 286 g/mol. The molecule has 0 spiro atoms. The van der Waals surface area contributed by atoms with E-state index in [4.69, 9.17) is 10.5 Å². The van der Waals surface area contributed by atoms with Gasteiger partial charge in [0.1, 0.15) is 5.75 Å². The van der Waals surface area contributed by atoms with Crippen molar-refractivity contribution < 1.29 is 4.74 Å². The summed E-state index contributed by atoms with van der Waals surface area (Å²) in [4.78, 5) is 0. The summed E-state index contributed by atoms with van der Waals surface area (Å²) in [6.07, 6.45) is 7.69. The van der Waals surface area contributed by atoms with Gasteiger partial charge in [0.05, 0.1) is 18.0 Å². The fourth-order valence-electron chi connectivity index (χ4n) is 2.70. The van der Waals surface area contributed by atoms with Crippen molar-refractivity contribution in [2.75, 3.05) is 6.61 Å². The van der Waals surface area contributed by atoms with Crippen LogP contribution in [0.2, 0.25) is 0 Å². The molecule has 4 nitrogen and oxygen atoms in total. The monoisotopic (exact) mass is 315 g/mol. The number of aromatic nitrogens is 2. The van der Waals surface area contributed by atoms with Gasteiger partial charge in [-0.15, -0.1) is 0 Å². The Morgan fingerprint density at radius 3 is 2.39 bits per heavy atom. The molecule has 2 rings (SSSR count). The standard InChI is InChI=1S/C19H29N3O/c1-3-4-5-6-7-8-13-23-17-11-9-16(10-12-17)19-15(2)18(14-20)21-22-19/h9-12H,3-8,13-14,20H2,1-2H3,(H,21,22). The van der Waals surface area contributed by atoms with Crippen molar-refractivity contribution in [2.45, 2.75) is 58.9 Å². The molecule has 23 heavy (non-hydrogen) atoms. The molecule has 0 aliphatic heterocycles. The van der Waals surface area contributed by atoms with Crippen LogP contribution in [0.3, 0.4) is 0 Å². The van der Waals surface area contributed by atoms with E-state index >= 15 is 0 Å². The zero-order valence-electron chi connectivity index (χ0n) is 14.4. The Morgan fingerprint density at radius 2 is 1.74 bits per heavy atom. The third-order valence-corrected chi connectivity index (χ3v) is 4.21. The number of hydrogen-bond donors (Lipinski definition) is 2. The number of rotatable bonds is 10. The fraction of sp³-hybridized carbons (Fsp3) is 0.526. The molecule has 3 N–H and O–H groups in total. The van der Waals surface area contributed by atoms with E-state index in [1.165, 1.54) is 32.1 Å². The van der Waals surface area contributed by atoms with E-state index in [2.05, 4.69) is 29.3 Å². The van der Waals surface area contributed by atoms with E-state index in [-0.39, 0.29) is 0 Å². The number of hydrogen-bond acceptors (Lipinski definition) is 3. The van der Waals surface area contributed by atoms with Crippen LogP contribution in [-0.4, -0.2) is 16.8 Å². The predicted molar refractivity (Wildman–Crippen MR) is 95.5 cm³/mol. The largest absolute Gasteiger partial charge is 0.494 e. The molecular formula is C19H29N3O. The highest BCUT2D eigenvalue weighted by Crippen LogP contribution is 2.25. The van der Waals surface area contributed by atoms with Crippen LogP contribution < -0.4 is 10.5 Å². The normalized spacial score (nSPS) is 10.9. The van der Waals surface area contributed by atoms with Crippen LogP contribution in [0.15, 0.2) is 24.3 Å². The zero-order valence-corrected chi connectivity index (χ0v) is 14.4. The highest BCUT2D eigenvalue weighted by molar-refractivity contribution is 5.64. The maximum atomic E-state index is 5.81. The van der Waals surface area contributed by atoms with E-state index in [0.29, 0.717) is 6.54 Å². The highest BCUT2D eigenvalue weighted by Gasteiger charge is 2.09. The summed E-state index contributed by atoms with van der Waals surface area (Å²) < 4.78 is 5.81. The van der Waals surface area contributed by atoms with Crippen LogP contribution in [0.5, 0.6) is 5.75 Å². The van der Waals surface area contributed by atoms with Gasteiger partial charge < -0.3 is 10.5 Å². The molecule has 0 bridgehead atoms. The quantitative estimate of drug-likeness (QED) is 0.631. The SMILES string of the molecule is CCCCCCCCOc1ccc(-c2n[nH]c(CN)c2C)cc1. The van der Waals surface area contributed by atoms with Gasteiger partial charge >= 0.3 is 0 Å². The van der Waals surface area contributed by atoms with Crippen molar-refractivity contribution in [3.05, 3.63) is 35.5 Å². The summed E-state index contributed by atoms with van der Waals surface area (Å²) in [5, 5.41) is 7.34. The highest BCUT2D eigenvalue weighted by atomic mass is 16.5. The number of H-pyrrole nitrogens is 1. The summed E-state index contributed by atoms with van der Waals surface area (Å²) >= 11 is 0. The summed E-state index contributed by atoms with van der Waals surface area (Å²) in [6.45, 7) is 5.57. The molecule has 0 aliphatic rings. The Kier molecular flexibility index (Phi) is 7.14. The van der Waals surface area contributed by atoms with Crippen molar-refractivity contribution >= 4 is 0 Å². The maximum Gasteiger partial charge on any atom is 0.119 e. The second-order valence-electron chi connectivity index (χ2n) is 6.02. The molecule has 1 aromatic heterocycles. The molecule has 126 valence electrons. The van der Waals surface area contributed by atoms with Gasteiger partial charge in [-0.3, -0.25) is 5.10 Å². The molecule has 0 saturated heterocycles. The third kappa shape index (κ3) is 5.10. The number of ether oxygens (including phenoxy) is 1. The number of unbranched alkanes of at least 4 members (excludes halogenated alkanes) is 5. The molecule has 1 aromatic carbocycles. The van der Waals surface area contributed by atoms with Crippen molar-refractivity contribution in [1.82, 2.24) is 10.2 Å². The Bertz CT molecular complexity index is 575. The van der Waals surface area contributed by atoms with Gasteiger partial charge in [0.25, 0.3) is 0 Å². The Balaban J connectivity index is 1.79. The first-order chi connectivity index (χ1) is 11.3. The second-order valence-corrected chi connectivity index (χ2v) is 6.02. The van der Waals surface area contributed by atoms with Crippen LogP contribution in [0, 0.1) is 6.92 Å². The van der Waals surface area contributed by atoms with Crippen LogP contribution in [0.4, 0.5) is 0 Å². The topological polar surface area (TPSA) is 63.9 Å². The zero-order chi connectivity index (χ0) is 16.5. The molecule has 1 heterocycles. The molecule has 0 aliphatic carbocycles. The maximum absolute atomic E-state index is 5.81. The van der Waals surface area contributed by atoms with Crippen LogP contribution in [0.1, 0.15) is 56.7 Å². The molecule has 0 radical (unpaired) electrons. The molecule has 0 fully saturated rings. The average Bonchev–Trinajstić information content (AvgIpc) is 2.95. The lowest BCUT2D eigenvalue weighted by Gasteiger charge is -2.07. The first-order valence-electron chi connectivity index (χ1n) is 8.73. The van der Waals surface area contributed by atoms with Gasteiger partial charge in [0.15, 0.2) is 0 Å². The van der Waals surface area contributed by atoms with Gasteiger partial charge in [0.2, 0.25) is 0 Å². The van der Waals surface area contributed by atoms with Crippen molar-refractivity contribution in [2.24, 2.45) is 5.73 Å². The van der Waals surface area contributed by atoms with E-state index in [1.54, 1.807) is 0 Å². The first-order valence-corrected chi connectivity index (χ1v) is 8.73. The van der Waals surface area contributed by atoms with E-state index in [1.807, 2.05) is 19.1 Å². The average molecular weight is 315 g/mol. The number of nitrogens with two attached hydrogens (primary N) is 1. The van der Waals surface area contributed by atoms with E-state index < -0.39 is 0 Å². The second kappa shape index (κ2) is 9.36. The van der Waals surface area contributed by atoms with Crippen LogP contribution in [0.25, 0.3) is 11.3 Å².